The van der Waals surface area contributed by atoms with Crippen molar-refractivity contribution >= 4 is 29.5 Å². The van der Waals surface area contributed by atoms with E-state index in [1.807, 2.05) is 25.7 Å². The van der Waals surface area contributed by atoms with Crippen LogP contribution in [0.5, 0.6) is 0 Å². The summed E-state index contributed by atoms with van der Waals surface area (Å²) in [7, 11) is 0. The third kappa shape index (κ3) is 5.19. The standard InChI is InChI=1S/C20H28ClN5O5/c1-4-9-30-14-10-26(20-24-15(19(28)29)13(6-3)31-20)8-7-12(14)23-18(27)17-22-11(5-2)16(21)25-17/h12,14H,4-10H2,1-3H3,(H,22,25)(H,23,27)(H,28,29). The van der Waals surface area contributed by atoms with Crippen LogP contribution in [0.15, 0.2) is 4.42 Å². The lowest BCUT2D eigenvalue weighted by Crippen LogP contribution is -2.55. The van der Waals surface area contributed by atoms with Crippen LogP contribution < -0.4 is 10.2 Å². The summed E-state index contributed by atoms with van der Waals surface area (Å²) in [6.07, 6.45) is 2.16. The van der Waals surface area contributed by atoms with Crippen molar-refractivity contribution in [2.75, 3.05) is 24.6 Å². The minimum absolute atomic E-state index is 0.0691. The van der Waals surface area contributed by atoms with Crippen molar-refractivity contribution in [2.45, 2.75) is 58.6 Å². The van der Waals surface area contributed by atoms with Crippen molar-refractivity contribution in [1.29, 1.82) is 0 Å². The minimum atomic E-state index is -1.11. The molecule has 0 spiro atoms. The van der Waals surface area contributed by atoms with E-state index in [1.54, 1.807) is 0 Å². The summed E-state index contributed by atoms with van der Waals surface area (Å²) >= 11 is 6.05. The molecule has 2 atom stereocenters. The maximum Gasteiger partial charge on any atom is 0.358 e. The first-order valence-electron chi connectivity index (χ1n) is 10.5. The van der Waals surface area contributed by atoms with Crippen molar-refractivity contribution in [3.63, 3.8) is 0 Å². The highest BCUT2D eigenvalue weighted by Crippen LogP contribution is 2.25. The van der Waals surface area contributed by atoms with Crippen LogP contribution in [0.2, 0.25) is 5.15 Å². The Balaban J connectivity index is 1.73. The van der Waals surface area contributed by atoms with Gasteiger partial charge in [0.2, 0.25) is 0 Å². The normalized spacial score (nSPS) is 18.9. The number of aromatic carboxylic acids is 1. The molecule has 0 aliphatic carbocycles. The maximum absolute atomic E-state index is 12.7. The summed E-state index contributed by atoms with van der Waals surface area (Å²) in [5, 5.41) is 12.6. The number of carbonyl (C=O) groups excluding carboxylic acids is 1. The molecule has 10 nitrogen and oxygen atoms in total. The Labute approximate surface area is 185 Å². The van der Waals surface area contributed by atoms with E-state index in [0.29, 0.717) is 55.6 Å². The molecule has 170 valence electrons. The Bertz CT molecular complexity index is 927. The average molecular weight is 454 g/mol. The highest BCUT2D eigenvalue weighted by atomic mass is 35.5. The van der Waals surface area contributed by atoms with Gasteiger partial charge >= 0.3 is 5.97 Å². The zero-order valence-corrected chi connectivity index (χ0v) is 18.7. The molecule has 2 aromatic rings. The summed E-state index contributed by atoms with van der Waals surface area (Å²) in [5.74, 6) is -0.950. The number of hydrogen-bond acceptors (Lipinski definition) is 7. The number of aromatic amines is 1. The van der Waals surface area contributed by atoms with Gasteiger partial charge in [-0.05, 0) is 19.3 Å². The second-order valence-corrected chi connectivity index (χ2v) is 7.72. The Morgan fingerprint density at radius 2 is 2.10 bits per heavy atom. The molecule has 0 aromatic carbocycles. The Kier molecular flexibility index (Phi) is 7.55. The van der Waals surface area contributed by atoms with Gasteiger partial charge in [0, 0.05) is 19.6 Å². The monoisotopic (exact) mass is 453 g/mol. The van der Waals surface area contributed by atoms with Gasteiger partial charge in [0.1, 0.15) is 5.76 Å². The van der Waals surface area contributed by atoms with E-state index in [-0.39, 0.29) is 35.6 Å². The summed E-state index contributed by atoms with van der Waals surface area (Å²) in [6.45, 7) is 7.21. The molecular formula is C20H28ClN5O5. The Morgan fingerprint density at radius 3 is 2.68 bits per heavy atom. The molecule has 1 amide bonds. The molecule has 1 aliphatic heterocycles. The quantitative estimate of drug-likeness (QED) is 0.527. The molecule has 1 aliphatic rings. The van der Waals surface area contributed by atoms with Crippen molar-refractivity contribution in [3.05, 3.63) is 28.1 Å². The third-order valence-electron chi connectivity index (χ3n) is 5.19. The predicted molar refractivity (Wildman–Crippen MR) is 114 cm³/mol. The number of halogens is 1. The number of ether oxygens (including phenoxy) is 1. The highest BCUT2D eigenvalue weighted by Gasteiger charge is 2.34. The number of carbonyl (C=O) groups is 2. The molecule has 3 rings (SSSR count). The van der Waals surface area contributed by atoms with Crippen LogP contribution in [-0.2, 0) is 17.6 Å². The van der Waals surface area contributed by atoms with Crippen molar-refractivity contribution in [3.8, 4) is 0 Å². The number of aryl methyl sites for hydroxylation is 2. The number of rotatable bonds is 9. The van der Waals surface area contributed by atoms with Crippen LogP contribution >= 0.6 is 11.6 Å². The number of anilines is 1. The number of nitrogens with one attached hydrogen (secondary N) is 2. The summed E-state index contributed by atoms with van der Waals surface area (Å²) < 4.78 is 11.7. The van der Waals surface area contributed by atoms with Crippen LogP contribution in [0.1, 0.15) is 66.2 Å². The number of H-pyrrole nitrogens is 1. The number of amides is 1. The lowest BCUT2D eigenvalue weighted by atomic mass is 10.0. The SMILES string of the molecule is CCCOC1CN(c2nc(C(=O)O)c(CC)o2)CCC1NC(=O)c1nc(Cl)c(CC)[nH]1. The number of oxazole rings is 1. The average Bonchev–Trinajstić information content (AvgIpc) is 3.36. The molecule has 2 aromatic heterocycles. The molecule has 2 unspecified atom stereocenters. The molecule has 1 fully saturated rings. The van der Waals surface area contributed by atoms with Crippen LogP contribution in [0.25, 0.3) is 0 Å². The smallest absolute Gasteiger partial charge is 0.358 e. The van der Waals surface area contributed by atoms with E-state index in [2.05, 4.69) is 20.3 Å². The van der Waals surface area contributed by atoms with E-state index < -0.39 is 5.97 Å². The molecule has 31 heavy (non-hydrogen) atoms. The first-order chi connectivity index (χ1) is 14.9. The molecule has 0 bridgehead atoms. The molecule has 1 saturated heterocycles. The number of carboxylic acid groups (broad SMARTS) is 1. The summed E-state index contributed by atoms with van der Waals surface area (Å²) in [6, 6.07) is 0.0123. The van der Waals surface area contributed by atoms with E-state index in [9.17, 15) is 14.7 Å². The fourth-order valence-electron chi connectivity index (χ4n) is 3.54. The van der Waals surface area contributed by atoms with Gasteiger partial charge in [-0.1, -0.05) is 32.4 Å². The first-order valence-corrected chi connectivity index (χ1v) is 10.9. The maximum atomic E-state index is 12.7. The van der Waals surface area contributed by atoms with Crippen molar-refractivity contribution < 1.29 is 23.8 Å². The van der Waals surface area contributed by atoms with Crippen molar-refractivity contribution in [1.82, 2.24) is 20.3 Å². The topological polar surface area (TPSA) is 134 Å². The molecule has 0 saturated carbocycles. The van der Waals surface area contributed by atoms with E-state index in [1.165, 1.54) is 0 Å². The number of hydrogen-bond donors (Lipinski definition) is 3. The van der Waals surface area contributed by atoms with Gasteiger partial charge in [0.15, 0.2) is 16.7 Å². The second kappa shape index (κ2) is 10.1. The molecule has 11 heteroatoms. The first kappa shape index (κ1) is 23.1. The minimum Gasteiger partial charge on any atom is -0.476 e. The number of carboxylic acids is 1. The van der Waals surface area contributed by atoms with Crippen LogP contribution in [0.4, 0.5) is 6.01 Å². The number of aromatic nitrogens is 3. The Morgan fingerprint density at radius 1 is 1.32 bits per heavy atom. The van der Waals surface area contributed by atoms with Gasteiger partial charge in [-0.2, -0.15) is 4.98 Å². The van der Waals surface area contributed by atoms with Gasteiger partial charge in [-0.3, -0.25) is 4.79 Å². The fourth-order valence-corrected chi connectivity index (χ4v) is 3.81. The number of piperidine rings is 1. The van der Waals surface area contributed by atoms with Crippen LogP contribution in [-0.4, -0.2) is 63.8 Å². The number of imidazole rings is 1. The zero-order valence-electron chi connectivity index (χ0n) is 17.9. The van der Waals surface area contributed by atoms with E-state index >= 15 is 0 Å². The largest absolute Gasteiger partial charge is 0.476 e. The molecule has 0 radical (unpaired) electrons. The van der Waals surface area contributed by atoms with E-state index in [4.69, 9.17) is 20.8 Å². The van der Waals surface area contributed by atoms with Gasteiger partial charge in [0.05, 0.1) is 24.4 Å². The number of nitrogens with zero attached hydrogens (tertiary/aromatic N) is 3. The van der Waals surface area contributed by atoms with Gasteiger partial charge in [-0.15, -0.1) is 0 Å². The van der Waals surface area contributed by atoms with Gasteiger partial charge in [0.25, 0.3) is 11.9 Å². The Hall–Kier alpha value is -2.59. The molecule has 3 N–H and O–H groups in total. The van der Waals surface area contributed by atoms with Gasteiger partial charge in [-0.25, -0.2) is 9.78 Å². The third-order valence-corrected chi connectivity index (χ3v) is 5.50. The van der Waals surface area contributed by atoms with E-state index in [0.717, 1.165) is 6.42 Å². The van der Waals surface area contributed by atoms with Crippen molar-refractivity contribution in [2.24, 2.45) is 0 Å². The molecule has 3 heterocycles. The van der Waals surface area contributed by atoms with Gasteiger partial charge < -0.3 is 29.5 Å². The highest BCUT2D eigenvalue weighted by molar-refractivity contribution is 6.30. The second-order valence-electron chi connectivity index (χ2n) is 7.36. The molecular weight excluding hydrogens is 426 g/mol. The lowest BCUT2D eigenvalue weighted by Gasteiger charge is -2.37. The predicted octanol–water partition coefficient (Wildman–Crippen LogP) is 2.68. The lowest BCUT2D eigenvalue weighted by molar-refractivity contribution is 0.0195. The zero-order chi connectivity index (χ0) is 22.5. The van der Waals surface area contributed by atoms with Crippen LogP contribution in [0.3, 0.4) is 0 Å². The fraction of sp³-hybridized carbons (Fsp3) is 0.600. The van der Waals surface area contributed by atoms with Crippen LogP contribution in [0, 0.1) is 0 Å². The summed E-state index contributed by atoms with van der Waals surface area (Å²) in [4.78, 5) is 37.2. The summed E-state index contributed by atoms with van der Waals surface area (Å²) in [5.41, 5.74) is 0.644.